The fourth-order valence-corrected chi connectivity index (χ4v) is 4.10. The Hall–Kier alpha value is -1.58. The van der Waals surface area contributed by atoms with E-state index in [0.717, 1.165) is 38.0 Å². The minimum atomic E-state index is 0.341. The minimum Gasteiger partial charge on any atom is -0.508 e. The standard InChI is InChI=1S/C22H32N2O/c23-14-18-6-8-20(9-7-18)16-24(15-19-4-2-1-3-5-19)17-21-10-12-22(25)13-11-21/h2,4-5,10-13,18,20,25H,1,3,6-9,14-17,23H2. The van der Waals surface area contributed by atoms with Crippen LogP contribution in [0, 0.1) is 11.8 Å². The summed E-state index contributed by atoms with van der Waals surface area (Å²) < 4.78 is 0. The van der Waals surface area contributed by atoms with Gasteiger partial charge in [0, 0.05) is 19.6 Å². The molecule has 3 nitrogen and oxygen atoms in total. The summed E-state index contributed by atoms with van der Waals surface area (Å²) in [6, 6.07) is 7.66. The van der Waals surface area contributed by atoms with E-state index >= 15 is 0 Å². The molecule has 2 aliphatic rings. The summed E-state index contributed by atoms with van der Waals surface area (Å²) in [7, 11) is 0. The fourth-order valence-electron chi connectivity index (χ4n) is 4.10. The molecule has 136 valence electrons. The van der Waals surface area contributed by atoms with Crippen molar-refractivity contribution in [3.05, 3.63) is 53.6 Å². The highest BCUT2D eigenvalue weighted by Crippen LogP contribution is 2.29. The quantitative estimate of drug-likeness (QED) is 0.781. The summed E-state index contributed by atoms with van der Waals surface area (Å²) >= 11 is 0. The number of rotatable bonds is 7. The number of phenols is 1. The molecule has 0 spiro atoms. The Morgan fingerprint density at radius 2 is 1.68 bits per heavy atom. The van der Waals surface area contributed by atoms with Gasteiger partial charge in [0.05, 0.1) is 0 Å². The number of hydrogen-bond acceptors (Lipinski definition) is 3. The van der Waals surface area contributed by atoms with Crippen LogP contribution in [-0.2, 0) is 6.54 Å². The summed E-state index contributed by atoms with van der Waals surface area (Å²) in [6.07, 6.45) is 14.5. The van der Waals surface area contributed by atoms with Crippen molar-refractivity contribution >= 4 is 0 Å². The maximum Gasteiger partial charge on any atom is 0.115 e. The zero-order valence-electron chi connectivity index (χ0n) is 15.2. The Bertz CT molecular complexity index is 583. The highest BCUT2D eigenvalue weighted by atomic mass is 16.3. The first-order chi connectivity index (χ1) is 12.2. The second kappa shape index (κ2) is 9.21. The molecule has 2 aliphatic carbocycles. The Labute approximate surface area is 152 Å². The predicted molar refractivity (Wildman–Crippen MR) is 104 cm³/mol. The zero-order chi connectivity index (χ0) is 17.5. The SMILES string of the molecule is NCC1CCC(CN(CC2=CCCC=C2)Cc2ccc(O)cc2)CC1. The van der Waals surface area contributed by atoms with Crippen molar-refractivity contribution in [3.8, 4) is 5.75 Å². The van der Waals surface area contributed by atoms with Gasteiger partial charge in [0.25, 0.3) is 0 Å². The van der Waals surface area contributed by atoms with Gasteiger partial charge < -0.3 is 10.8 Å². The third-order valence-electron chi connectivity index (χ3n) is 5.64. The molecule has 1 aromatic rings. The second-order valence-corrected chi connectivity index (χ2v) is 7.72. The Balaban J connectivity index is 1.62. The molecule has 0 heterocycles. The number of phenolic OH excluding ortho intramolecular Hbond substituents is 1. The molecule has 0 bridgehead atoms. The van der Waals surface area contributed by atoms with Crippen LogP contribution in [0.4, 0.5) is 0 Å². The number of nitrogens with zero attached hydrogens (tertiary/aromatic N) is 1. The van der Waals surface area contributed by atoms with E-state index in [4.69, 9.17) is 5.73 Å². The number of nitrogens with two attached hydrogens (primary N) is 1. The third-order valence-corrected chi connectivity index (χ3v) is 5.64. The maximum absolute atomic E-state index is 9.52. The Kier molecular flexibility index (Phi) is 6.71. The van der Waals surface area contributed by atoms with Gasteiger partial charge in [-0.1, -0.05) is 30.4 Å². The summed E-state index contributed by atoms with van der Waals surface area (Å²) in [5, 5.41) is 9.52. The van der Waals surface area contributed by atoms with Gasteiger partial charge in [-0.3, -0.25) is 4.90 Å². The molecule has 0 unspecified atom stereocenters. The molecular weight excluding hydrogens is 308 g/mol. The third kappa shape index (κ3) is 5.72. The van der Waals surface area contributed by atoms with Crippen molar-refractivity contribution in [2.45, 2.75) is 45.1 Å². The van der Waals surface area contributed by atoms with Crippen LogP contribution in [0.2, 0.25) is 0 Å². The maximum atomic E-state index is 9.52. The largest absolute Gasteiger partial charge is 0.508 e. The van der Waals surface area contributed by atoms with Crippen molar-refractivity contribution < 1.29 is 5.11 Å². The lowest BCUT2D eigenvalue weighted by molar-refractivity contribution is 0.186. The number of hydrogen-bond donors (Lipinski definition) is 2. The molecule has 0 amide bonds. The summed E-state index contributed by atoms with van der Waals surface area (Å²) in [5.74, 6) is 1.87. The molecule has 1 saturated carbocycles. The summed E-state index contributed by atoms with van der Waals surface area (Å²) in [4.78, 5) is 2.58. The van der Waals surface area contributed by atoms with E-state index in [9.17, 15) is 5.11 Å². The average Bonchev–Trinajstić information content (AvgIpc) is 2.65. The first-order valence-electron chi connectivity index (χ1n) is 9.79. The van der Waals surface area contributed by atoms with Gasteiger partial charge in [-0.15, -0.1) is 0 Å². The van der Waals surface area contributed by atoms with Crippen LogP contribution in [0.3, 0.4) is 0 Å². The van der Waals surface area contributed by atoms with Crippen LogP contribution in [0.1, 0.15) is 44.1 Å². The first kappa shape index (κ1) is 18.2. The predicted octanol–water partition coefficient (Wildman–Crippen LogP) is 4.24. The van der Waals surface area contributed by atoms with Crippen molar-refractivity contribution in [3.63, 3.8) is 0 Å². The highest BCUT2D eigenvalue weighted by molar-refractivity contribution is 5.27. The van der Waals surface area contributed by atoms with Crippen LogP contribution < -0.4 is 5.73 Å². The van der Waals surface area contributed by atoms with Gasteiger partial charge in [-0.25, -0.2) is 0 Å². The van der Waals surface area contributed by atoms with E-state index in [1.165, 1.54) is 49.7 Å². The molecule has 1 fully saturated rings. The van der Waals surface area contributed by atoms with Gasteiger partial charge in [-0.05, 0) is 80.2 Å². The monoisotopic (exact) mass is 340 g/mol. The van der Waals surface area contributed by atoms with Gasteiger partial charge in [0.15, 0.2) is 0 Å². The molecule has 0 aromatic heterocycles. The van der Waals surface area contributed by atoms with E-state index in [-0.39, 0.29) is 0 Å². The number of benzene rings is 1. The van der Waals surface area contributed by atoms with Crippen LogP contribution in [0.25, 0.3) is 0 Å². The Morgan fingerprint density at radius 1 is 0.960 bits per heavy atom. The lowest BCUT2D eigenvalue weighted by Crippen LogP contribution is -2.33. The minimum absolute atomic E-state index is 0.341. The van der Waals surface area contributed by atoms with Crippen molar-refractivity contribution in [2.75, 3.05) is 19.6 Å². The molecule has 25 heavy (non-hydrogen) atoms. The fraction of sp³-hybridized carbons (Fsp3) is 0.545. The van der Waals surface area contributed by atoms with Crippen LogP contribution in [-0.4, -0.2) is 29.6 Å². The molecule has 0 aliphatic heterocycles. The van der Waals surface area contributed by atoms with Gasteiger partial charge in [-0.2, -0.15) is 0 Å². The lowest BCUT2D eigenvalue weighted by atomic mass is 9.81. The molecule has 0 radical (unpaired) electrons. The topological polar surface area (TPSA) is 49.5 Å². The van der Waals surface area contributed by atoms with Crippen molar-refractivity contribution in [1.29, 1.82) is 0 Å². The van der Waals surface area contributed by atoms with E-state index in [1.54, 1.807) is 12.1 Å². The molecule has 0 atom stereocenters. The van der Waals surface area contributed by atoms with E-state index in [2.05, 4.69) is 23.1 Å². The van der Waals surface area contributed by atoms with Gasteiger partial charge >= 0.3 is 0 Å². The van der Waals surface area contributed by atoms with E-state index in [1.807, 2.05) is 12.1 Å². The van der Waals surface area contributed by atoms with Gasteiger partial charge in [0.1, 0.15) is 5.75 Å². The van der Waals surface area contributed by atoms with Crippen LogP contribution >= 0.6 is 0 Å². The average molecular weight is 341 g/mol. The smallest absolute Gasteiger partial charge is 0.115 e. The molecule has 1 aromatic carbocycles. The van der Waals surface area contributed by atoms with Gasteiger partial charge in [0.2, 0.25) is 0 Å². The molecule has 3 N–H and O–H groups in total. The molecule has 3 heteroatoms. The zero-order valence-corrected chi connectivity index (χ0v) is 15.2. The normalized spacial score (nSPS) is 23.7. The molecule has 0 saturated heterocycles. The number of aromatic hydroxyl groups is 1. The van der Waals surface area contributed by atoms with Crippen molar-refractivity contribution in [1.82, 2.24) is 4.90 Å². The van der Waals surface area contributed by atoms with E-state index in [0.29, 0.717) is 5.75 Å². The first-order valence-corrected chi connectivity index (χ1v) is 9.79. The van der Waals surface area contributed by atoms with Crippen LogP contribution in [0.15, 0.2) is 48.1 Å². The number of allylic oxidation sites excluding steroid dienone is 2. The lowest BCUT2D eigenvalue weighted by Gasteiger charge is -2.33. The van der Waals surface area contributed by atoms with E-state index < -0.39 is 0 Å². The molecular formula is C22H32N2O. The van der Waals surface area contributed by atoms with Crippen LogP contribution in [0.5, 0.6) is 5.75 Å². The second-order valence-electron chi connectivity index (χ2n) is 7.72. The summed E-state index contributed by atoms with van der Waals surface area (Å²) in [5.41, 5.74) is 8.56. The van der Waals surface area contributed by atoms with Crippen molar-refractivity contribution in [2.24, 2.45) is 17.6 Å². The highest BCUT2D eigenvalue weighted by Gasteiger charge is 2.22. The Morgan fingerprint density at radius 3 is 2.32 bits per heavy atom. The summed E-state index contributed by atoms with van der Waals surface area (Å²) in [6.45, 7) is 3.97. The molecule has 3 rings (SSSR count).